The molecule has 7 nitrogen and oxygen atoms in total. The van der Waals surface area contributed by atoms with E-state index in [2.05, 4.69) is 21.6 Å². The van der Waals surface area contributed by atoms with Gasteiger partial charge in [0.1, 0.15) is 4.83 Å². The zero-order valence-corrected chi connectivity index (χ0v) is 19.9. The molecule has 0 saturated heterocycles. The first-order valence-corrected chi connectivity index (χ1v) is 12.2. The number of nitrogens with zero attached hydrogens (tertiary/aromatic N) is 2. The Morgan fingerprint density at radius 1 is 1.18 bits per heavy atom. The van der Waals surface area contributed by atoms with Crippen molar-refractivity contribution in [2.45, 2.75) is 11.7 Å². The van der Waals surface area contributed by atoms with Crippen molar-refractivity contribution >= 4 is 50.9 Å². The molecule has 0 saturated carbocycles. The Bertz CT molecular complexity index is 1410. The number of benzene rings is 2. The summed E-state index contributed by atoms with van der Waals surface area (Å²) in [5, 5.41) is 5.74. The van der Waals surface area contributed by atoms with E-state index in [4.69, 9.17) is 0 Å². The molecule has 0 unspecified atom stereocenters. The topological polar surface area (TPSA) is 90.3 Å². The van der Waals surface area contributed by atoms with Gasteiger partial charge in [-0.25, -0.2) is 9.78 Å². The molecule has 34 heavy (non-hydrogen) atoms. The first kappa shape index (κ1) is 23.5. The summed E-state index contributed by atoms with van der Waals surface area (Å²) in [4.78, 5) is 42.7. The van der Waals surface area contributed by atoms with Crippen LogP contribution in [0, 0.1) is 0 Å². The number of allylic oxidation sites excluding steroid dienone is 1. The van der Waals surface area contributed by atoms with Crippen LogP contribution in [0.1, 0.15) is 10.4 Å². The molecule has 0 spiro atoms. The molecule has 1 N–H and O–H groups in total. The number of rotatable bonds is 8. The van der Waals surface area contributed by atoms with Gasteiger partial charge in [0.05, 0.1) is 23.8 Å². The highest BCUT2D eigenvalue weighted by Gasteiger charge is 2.18. The summed E-state index contributed by atoms with van der Waals surface area (Å²) in [5.74, 6) is -0.643. The molecule has 0 fully saturated rings. The number of hydrogen-bond acceptors (Lipinski definition) is 7. The molecule has 1 amide bonds. The van der Waals surface area contributed by atoms with Crippen LogP contribution in [0.15, 0.2) is 82.6 Å². The molecule has 9 heteroatoms. The van der Waals surface area contributed by atoms with E-state index >= 15 is 0 Å². The SMILES string of the molecule is C=CCn1c(SCC(=O)Nc2ccc(C(=O)OC)cc2)nc2scc(-c3ccccc3)c2c1=O. The number of anilines is 1. The molecule has 2 aromatic carbocycles. The number of fused-ring (bicyclic) bond motifs is 1. The van der Waals surface area contributed by atoms with Gasteiger partial charge in [0.25, 0.3) is 5.56 Å². The van der Waals surface area contributed by atoms with Gasteiger partial charge in [0.2, 0.25) is 5.91 Å². The third kappa shape index (κ3) is 4.95. The fourth-order valence-corrected chi connectivity index (χ4v) is 5.17. The molecule has 4 rings (SSSR count). The first-order chi connectivity index (χ1) is 16.5. The number of nitrogens with one attached hydrogen (secondary N) is 1. The number of hydrogen-bond donors (Lipinski definition) is 1. The van der Waals surface area contributed by atoms with E-state index in [1.165, 1.54) is 34.8 Å². The van der Waals surface area contributed by atoms with Crippen molar-refractivity contribution in [3.05, 3.63) is 88.5 Å². The van der Waals surface area contributed by atoms with Crippen molar-refractivity contribution in [3.63, 3.8) is 0 Å². The summed E-state index contributed by atoms with van der Waals surface area (Å²) < 4.78 is 6.21. The average molecular weight is 492 g/mol. The van der Waals surface area contributed by atoms with Crippen LogP contribution in [0.5, 0.6) is 0 Å². The molecule has 0 aliphatic carbocycles. The molecule has 172 valence electrons. The minimum Gasteiger partial charge on any atom is -0.465 e. The highest BCUT2D eigenvalue weighted by molar-refractivity contribution is 7.99. The van der Waals surface area contributed by atoms with Crippen molar-refractivity contribution < 1.29 is 14.3 Å². The van der Waals surface area contributed by atoms with Crippen LogP contribution < -0.4 is 10.9 Å². The molecule has 2 heterocycles. The third-order valence-electron chi connectivity index (χ3n) is 4.98. The number of carbonyl (C=O) groups excluding carboxylic acids is 2. The number of amides is 1. The lowest BCUT2D eigenvalue weighted by molar-refractivity contribution is -0.113. The lowest BCUT2D eigenvalue weighted by Crippen LogP contribution is -2.23. The largest absolute Gasteiger partial charge is 0.465 e. The van der Waals surface area contributed by atoms with E-state index < -0.39 is 5.97 Å². The standard InChI is InChI=1S/C25H21N3O4S2/c1-3-13-28-23(30)21-19(16-7-5-4-6-8-16)14-33-22(21)27-25(28)34-15-20(29)26-18-11-9-17(10-12-18)24(31)32-2/h3-12,14H,1,13,15H2,2H3,(H,26,29). The maximum atomic E-state index is 13.4. The van der Waals surface area contributed by atoms with Crippen LogP contribution in [0.3, 0.4) is 0 Å². The third-order valence-corrected chi connectivity index (χ3v) is 6.83. The van der Waals surface area contributed by atoms with Crippen molar-refractivity contribution in [2.75, 3.05) is 18.2 Å². The van der Waals surface area contributed by atoms with Gasteiger partial charge in [0.15, 0.2) is 5.16 Å². The summed E-state index contributed by atoms with van der Waals surface area (Å²) in [6.07, 6.45) is 1.64. The second-order valence-corrected chi connectivity index (χ2v) is 9.00. The van der Waals surface area contributed by atoms with E-state index in [1.807, 2.05) is 35.7 Å². The lowest BCUT2D eigenvalue weighted by atomic mass is 10.1. The van der Waals surface area contributed by atoms with Gasteiger partial charge in [-0.1, -0.05) is 48.2 Å². The number of carbonyl (C=O) groups is 2. The summed E-state index contributed by atoms with van der Waals surface area (Å²) in [6, 6.07) is 16.1. The van der Waals surface area contributed by atoms with Gasteiger partial charge in [-0.15, -0.1) is 17.9 Å². The van der Waals surface area contributed by atoms with Gasteiger partial charge in [-0.2, -0.15) is 0 Å². The van der Waals surface area contributed by atoms with Gasteiger partial charge in [0, 0.05) is 23.2 Å². The molecule has 2 aromatic heterocycles. The van der Waals surface area contributed by atoms with Crippen molar-refractivity contribution in [2.24, 2.45) is 0 Å². The molecule has 0 aliphatic heterocycles. The highest BCUT2D eigenvalue weighted by atomic mass is 32.2. The first-order valence-electron chi connectivity index (χ1n) is 10.3. The van der Waals surface area contributed by atoms with Crippen molar-refractivity contribution in [3.8, 4) is 11.1 Å². The monoisotopic (exact) mass is 491 g/mol. The minimum atomic E-state index is -0.445. The maximum Gasteiger partial charge on any atom is 0.337 e. The van der Waals surface area contributed by atoms with Gasteiger partial charge in [-0.3, -0.25) is 14.2 Å². The summed E-state index contributed by atoms with van der Waals surface area (Å²) in [7, 11) is 1.31. The second kappa shape index (κ2) is 10.5. The number of esters is 1. The van der Waals surface area contributed by atoms with Crippen LogP contribution in [0.2, 0.25) is 0 Å². The number of thiophene rings is 1. The normalized spacial score (nSPS) is 10.7. The summed E-state index contributed by atoms with van der Waals surface area (Å²) in [5.41, 5.74) is 2.59. The van der Waals surface area contributed by atoms with Crippen LogP contribution >= 0.6 is 23.1 Å². The highest BCUT2D eigenvalue weighted by Crippen LogP contribution is 2.32. The quantitative estimate of drug-likeness (QED) is 0.164. The van der Waals surface area contributed by atoms with E-state index in [9.17, 15) is 14.4 Å². The number of methoxy groups -OCH3 is 1. The van der Waals surface area contributed by atoms with Crippen LogP contribution in [0.4, 0.5) is 5.69 Å². The van der Waals surface area contributed by atoms with E-state index in [0.29, 0.717) is 26.6 Å². The summed E-state index contributed by atoms with van der Waals surface area (Å²) in [6.45, 7) is 4.04. The minimum absolute atomic E-state index is 0.0603. The average Bonchev–Trinajstić information content (AvgIpc) is 3.29. The zero-order chi connectivity index (χ0) is 24.1. The van der Waals surface area contributed by atoms with Crippen molar-refractivity contribution in [1.82, 2.24) is 9.55 Å². The Morgan fingerprint density at radius 3 is 2.59 bits per heavy atom. The fourth-order valence-electron chi connectivity index (χ4n) is 3.37. The molecule has 0 bridgehead atoms. The van der Waals surface area contributed by atoms with E-state index in [0.717, 1.165) is 11.1 Å². The fraction of sp³-hybridized carbons (Fsp3) is 0.120. The Kier molecular flexibility index (Phi) is 7.24. The van der Waals surface area contributed by atoms with Gasteiger partial charge in [-0.05, 0) is 29.8 Å². The summed E-state index contributed by atoms with van der Waals surface area (Å²) >= 11 is 2.59. The van der Waals surface area contributed by atoms with E-state index in [1.54, 1.807) is 30.3 Å². The Hall–Kier alpha value is -3.69. The second-order valence-electron chi connectivity index (χ2n) is 7.20. The Labute approximate surface area is 204 Å². The zero-order valence-electron chi connectivity index (χ0n) is 18.3. The molecular weight excluding hydrogens is 470 g/mol. The molecule has 0 radical (unpaired) electrons. The number of ether oxygens (including phenoxy) is 1. The maximum absolute atomic E-state index is 13.4. The number of thioether (sulfide) groups is 1. The predicted molar refractivity (Wildman–Crippen MR) is 137 cm³/mol. The van der Waals surface area contributed by atoms with Crippen molar-refractivity contribution in [1.29, 1.82) is 0 Å². The van der Waals surface area contributed by atoms with Crippen LogP contribution in [0.25, 0.3) is 21.3 Å². The number of aromatic nitrogens is 2. The molecule has 4 aromatic rings. The van der Waals surface area contributed by atoms with Crippen LogP contribution in [-0.4, -0.2) is 34.3 Å². The van der Waals surface area contributed by atoms with Gasteiger partial charge >= 0.3 is 5.97 Å². The van der Waals surface area contributed by atoms with Crippen LogP contribution in [-0.2, 0) is 16.1 Å². The molecule has 0 aliphatic rings. The molecule has 0 atom stereocenters. The molecular formula is C25H21N3O4S2. The smallest absolute Gasteiger partial charge is 0.337 e. The van der Waals surface area contributed by atoms with Gasteiger partial charge < -0.3 is 10.1 Å². The Balaban J connectivity index is 1.55. The lowest BCUT2D eigenvalue weighted by Gasteiger charge is -2.11. The van der Waals surface area contributed by atoms with E-state index in [-0.39, 0.29) is 23.8 Å². The predicted octanol–water partition coefficient (Wildman–Crippen LogP) is 4.83. The Morgan fingerprint density at radius 2 is 1.91 bits per heavy atom.